The van der Waals surface area contributed by atoms with Gasteiger partial charge in [-0.25, -0.2) is 0 Å². The molecule has 0 spiro atoms. The van der Waals surface area contributed by atoms with E-state index in [2.05, 4.69) is 130 Å². The minimum Gasteiger partial charge on any atom is -0.462 e. The van der Waals surface area contributed by atoms with Crippen molar-refractivity contribution in [3.63, 3.8) is 0 Å². The molecule has 81 heavy (non-hydrogen) atoms. The van der Waals surface area contributed by atoms with Gasteiger partial charge in [0.1, 0.15) is 13.2 Å². The lowest BCUT2D eigenvalue weighted by molar-refractivity contribution is -0.167. The molecule has 1 unspecified atom stereocenters. The van der Waals surface area contributed by atoms with Crippen LogP contribution in [-0.4, -0.2) is 37.2 Å². The van der Waals surface area contributed by atoms with Crippen molar-refractivity contribution in [2.75, 3.05) is 13.2 Å². The van der Waals surface area contributed by atoms with Crippen molar-refractivity contribution in [3.05, 3.63) is 109 Å². The highest BCUT2D eigenvalue weighted by Crippen LogP contribution is 2.17. The Morgan fingerprint density at radius 2 is 0.481 bits per heavy atom. The summed E-state index contributed by atoms with van der Waals surface area (Å²) in [7, 11) is 0. The number of allylic oxidation sites excluding steroid dienone is 18. The second kappa shape index (κ2) is 68.6. The monoisotopic (exact) mass is 1120 g/mol. The van der Waals surface area contributed by atoms with Crippen LogP contribution >= 0.6 is 0 Å². The van der Waals surface area contributed by atoms with E-state index in [0.717, 1.165) is 103 Å². The summed E-state index contributed by atoms with van der Waals surface area (Å²) in [6, 6.07) is 0. The second-order valence-electron chi connectivity index (χ2n) is 22.7. The third kappa shape index (κ3) is 66.8. The molecule has 0 bridgehead atoms. The standard InChI is InChI=1S/C75H128O6/c1-4-7-10-13-16-19-22-25-28-30-32-33-34-35-36-37-38-39-40-41-43-44-47-50-53-56-59-62-65-68-74(77)80-71-72(70-79-73(76)67-64-61-58-55-52-49-46-27-24-21-18-15-12-9-6-3)81-75(78)69-66-63-60-57-54-51-48-45-42-31-29-26-23-20-17-14-11-8-5-2/h7,10,16,19,25,28,32-33,35-36,38-39,41,43,47,50,56,59,72H,4-6,8-9,11-15,17-18,20-24,26-27,29-31,34,37,40,42,44-46,48-49,51-55,57-58,60-71H2,1-3H3/b10-7-,19-16-,28-25-,33-32-,36-35-,39-38-,43-41-,50-47-,59-56-. The zero-order valence-corrected chi connectivity index (χ0v) is 53.3. The Morgan fingerprint density at radius 1 is 0.259 bits per heavy atom. The van der Waals surface area contributed by atoms with Crippen LogP contribution in [0, 0.1) is 0 Å². The van der Waals surface area contributed by atoms with Gasteiger partial charge in [-0.15, -0.1) is 0 Å². The predicted molar refractivity (Wildman–Crippen MR) is 353 cm³/mol. The minimum absolute atomic E-state index is 0.0920. The maximum atomic E-state index is 12.9. The van der Waals surface area contributed by atoms with Crippen LogP contribution in [0.2, 0.25) is 0 Å². The topological polar surface area (TPSA) is 78.9 Å². The molecule has 6 nitrogen and oxygen atoms in total. The first-order chi connectivity index (χ1) is 40.0. The van der Waals surface area contributed by atoms with Gasteiger partial charge in [0.15, 0.2) is 6.10 Å². The van der Waals surface area contributed by atoms with Crippen LogP contribution in [0.3, 0.4) is 0 Å². The molecule has 0 radical (unpaired) electrons. The molecule has 0 saturated carbocycles. The molecule has 1 atom stereocenters. The third-order valence-corrected chi connectivity index (χ3v) is 14.8. The fourth-order valence-electron chi connectivity index (χ4n) is 9.68. The molecule has 0 aromatic rings. The number of hydrogen-bond acceptors (Lipinski definition) is 6. The van der Waals surface area contributed by atoms with Gasteiger partial charge in [-0.1, -0.05) is 336 Å². The van der Waals surface area contributed by atoms with Crippen molar-refractivity contribution in [2.24, 2.45) is 0 Å². The summed E-state index contributed by atoms with van der Waals surface area (Å²) < 4.78 is 16.9. The molecule has 0 aliphatic rings. The van der Waals surface area contributed by atoms with Crippen LogP contribution in [-0.2, 0) is 28.6 Å². The van der Waals surface area contributed by atoms with Crippen molar-refractivity contribution in [1.82, 2.24) is 0 Å². The fourth-order valence-corrected chi connectivity index (χ4v) is 9.68. The molecule has 0 saturated heterocycles. The lowest BCUT2D eigenvalue weighted by Crippen LogP contribution is -2.30. The first kappa shape index (κ1) is 77.1. The van der Waals surface area contributed by atoms with Crippen molar-refractivity contribution >= 4 is 17.9 Å². The van der Waals surface area contributed by atoms with E-state index in [1.165, 1.54) is 180 Å². The molecule has 0 amide bonds. The maximum Gasteiger partial charge on any atom is 0.306 e. The Hall–Kier alpha value is -3.93. The molecule has 0 N–H and O–H groups in total. The molecule has 6 heteroatoms. The Labute approximate surface area is 501 Å². The van der Waals surface area contributed by atoms with Gasteiger partial charge in [0, 0.05) is 19.3 Å². The second-order valence-corrected chi connectivity index (χ2v) is 22.7. The Balaban J connectivity index is 4.43. The van der Waals surface area contributed by atoms with Gasteiger partial charge in [0.25, 0.3) is 0 Å². The van der Waals surface area contributed by atoms with E-state index in [-0.39, 0.29) is 37.5 Å². The van der Waals surface area contributed by atoms with E-state index in [1.54, 1.807) is 0 Å². The Bertz CT molecular complexity index is 1620. The average molecular weight is 1130 g/mol. The first-order valence-electron chi connectivity index (χ1n) is 34.4. The van der Waals surface area contributed by atoms with E-state index < -0.39 is 6.10 Å². The highest BCUT2D eigenvalue weighted by atomic mass is 16.6. The number of esters is 3. The largest absolute Gasteiger partial charge is 0.462 e. The van der Waals surface area contributed by atoms with E-state index in [4.69, 9.17) is 14.2 Å². The molecule has 0 aromatic heterocycles. The average Bonchev–Trinajstić information content (AvgIpc) is 3.47. The normalized spacial score (nSPS) is 12.8. The summed E-state index contributed by atoms with van der Waals surface area (Å²) >= 11 is 0. The Kier molecular flexibility index (Phi) is 65.2. The third-order valence-electron chi connectivity index (χ3n) is 14.8. The maximum absolute atomic E-state index is 12.9. The van der Waals surface area contributed by atoms with Gasteiger partial charge < -0.3 is 14.2 Å². The smallest absolute Gasteiger partial charge is 0.306 e. The van der Waals surface area contributed by atoms with E-state index in [0.29, 0.717) is 19.3 Å². The number of ether oxygens (including phenoxy) is 3. The van der Waals surface area contributed by atoms with Gasteiger partial charge >= 0.3 is 17.9 Å². The zero-order valence-electron chi connectivity index (χ0n) is 53.3. The summed E-state index contributed by atoms with van der Waals surface area (Å²) in [5.74, 6) is -0.938. The molecular weight excluding hydrogens is 997 g/mol. The minimum atomic E-state index is -0.801. The van der Waals surface area contributed by atoms with Crippen LogP contribution < -0.4 is 0 Å². The molecule has 0 rings (SSSR count). The van der Waals surface area contributed by atoms with Crippen molar-refractivity contribution in [1.29, 1.82) is 0 Å². The molecule has 0 aliphatic heterocycles. The summed E-state index contributed by atoms with van der Waals surface area (Å²) in [6.45, 7) is 6.52. The number of hydrogen-bond donors (Lipinski definition) is 0. The summed E-state index contributed by atoms with van der Waals surface area (Å²) in [4.78, 5) is 38.4. The zero-order chi connectivity index (χ0) is 58.5. The fraction of sp³-hybridized carbons (Fsp3) is 0.720. The molecule has 0 aromatic carbocycles. The van der Waals surface area contributed by atoms with Gasteiger partial charge in [-0.05, 0) is 83.5 Å². The lowest BCUT2D eigenvalue weighted by atomic mass is 10.0. The molecule has 0 fully saturated rings. The number of rotatable bonds is 62. The molecular formula is C75H128O6. The lowest BCUT2D eigenvalue weighted by Gasteiger charge is -2.18. The highest BCUT2D eigenvalue weighted by Gasteiger charge is 2.19. The summed E-state index contributed by atoms with van der Waals surface area (Å²) in [6.07, 6.45) is 93.9. The highest BCUT2D eigenvalue weighted by molar-refractivity contribution is 5.71. The molecule has 0 aliphatic carbocycles. The van der Waals surface area contributed by atoms with Crippen molar-refractivity contribution in [2.45, 2.75) is 335 Å². The quantitative estimate of drug-likeness (QED) is 0.0261. The van der Waals surface area contributed by atoms with Crippen LogP contribution in [0.4, 0.5) is 0 Å². The van der Waals surface area contributed by atoms with Crippen molar-refractivity contribution in [3.8, 4) is 0 Å². The van der Waals surface area contributed by atoms with Crippen LogP contribution in [0.5, 0.6) is 0 Å². The van der Waals surface area contributed by atoms with Crippen LogP contribution in [0.1, 0.15) is 329 Å². The predicted octanol–water partition coefficient (Wildman–Crippen LogP) is 23.8. The SMILES string of the molecule is CC/C=C\C/C=C\C/C=C\C/C=C\C/C=C\C/C=C\C/C=C\C/C=C\C/C=C\CCCC(=O)OCC(COC(=O)CCCCCCCCCCCCCCCCC)OC(=O)CCCCCCCCCCCCCCCCCCCCC. The van der Waals surface area contributed by atoms with Crippen LogP contribution in [0.15, 0.2) is 109 Å². The van der Waals surface area contributed by atoms with E-state index >= 15 is 0 Å². The van der Waals surface area contributed by atoms with Crippen LogP contribution in [0.25, 0.3) is 0 Å². The number of carbonyl (C=O) groups is 3. The summed E-state index contributed by atoms with van der Waals surface area (Å²) in [5, 5.41) is 0. The molecule has 0 heterocycles. The van der Waals surface area contributed by atoms with Gasteiger partial charge in [-0.3, -0.25) is 14.4 Å². The van der Waals surface area contributed by atoms with Gasteiger partial charge in [0.2, 0.25) is 0 Å². The van der Waals surface area contributed by atoms with Gasteiger partial charge in [0.05, 0.1) is 0 Å². The van der Waals surface area contributed by atoms with Crippen molar-refractivity contribution < 1.29 is 28.6 Å². The molecule has 464 valence electrons. The van der Waals surface area contributed by atoms with E-state index in [9.17, 15) is 14.4 Å². The van der Waals surface area contributed by atoms with E-state index in [1.807, 2.05) is 0 Å². The number of carbonyl (C=O) groups excluding carboxylic acids is 3. The number of unbranched alkanes of at least 4 members (excludes halogenated alkanes) is 33. The summed E-state index contributed by atoms with van der Waals surface area (Å²) in [5.41, 5.74) is 0. The first-order valence-corrected chi connectivity index (χ1v) is 34.4. The Morgan fingerprint density at radius 3 is 0.753 bits per heavy atom. The van der Waals surface area contributed by atoms with Gasteiger partial charge in [-0.2, -0.15) is 0 Å².